The van der Waals surface area contributed by atoms with Gasteiger partial charge in [-0.05, 0) is 38.9 Å². The summed E-state index contributed by atoms with van der Waals surface area (Å²) in [5, 5.41) is 3.25. The SMILES string of the molecule is CCCNC(CN(CC)c1ccc(C)cc1)C(=O)OC. The number of likely N-dealkylation sites (N-methyl/N-ethyl adjacent to an activating group) is 1. The lowest BCUT2D eigenvalue weighted by Crippen LogP contribution is -2.47. The lowest BCUT2D eigenvalue weighted by molar-refractivity contribution is -0.142. The molecular formula is C16H26N2O2. The minimum Gasteiger partial charge on any atom is -0.468 e. The number of carbonyl (C=O) groups excluding carboxylic acids is 1. The highest BCUT2D eigenvalue weighted by Crippen LogP contribution is 2.15. The van der Waals surface area contributed by atoms with Gasteiger partial charge in [0.05, 0.1) is 7.11 Å². The van der Waals surface area contributed by atoms with Crippen molar-refractivity contribution in [3.05, 3.63) is 29.8 Å². The number of nitrogens with one attached hydrogen (secondary N) is 1. The molecule has 1 N–H and O–H groups in total. The molecule has 1 aromatic rings. The highest BCUT2D eigenvalue weighted by molar-refractivity contribution is 5.76. The number of anilines is 1. The second-order valence-electron chi connectivity index (χ2n) is 4.90. The van der Waals surface area contributed by atoms with Crippen molar-refractivity contribution >= 4 is 11.7 Å². The third-order valence-electron chi connectivity index (χ3n) is 3.31. The van der Waals surface area contributed by atoms with Crippen LogP contribution in [0.3, 0.4) is 0 Å². The van der Waals surface area contributed by atoms with Crippen LogP contribution in [0.2, 0.25) is 0 Å². The first-order valence-corrected chi connectivity index (χ1v) is 7.25. The number of nitrogens with zero attached hydrogens (tertiary/aromatic N) is 1. The van der Waals surface area contributed by atoms with Crippen LogP contribution in [0.25, 0.3) is 0 Å². The predicted octanol–water partition coefficient (Wildman–Crippen LogP) is 2.36. The summed E-state index contributed by atoms with van der Waals surface area (Å²) in [6.07, 6.45) is 0.990. The molecule has 0 saturated carbocycles. The Morgan fingerprint density at radius 1 is 1.30 bits per heavy atom. The average Bonchev–Trinajstić information content (AvgIpc) is 2.48. The van der Waals surface area contributed by atoms with Gasteiger partial charge < -0.3 is 15.0 Å². The summed E-state index contributed by atoms with van der Waals surface area (Å²) in [4.78, 5) is 14.0. The molecular weight excluding hydrogens is 252 g/mol. The molecule has 0 aliphatic carbocycles. The van der Waals surface area contributed by atoms with Crippen molar-refractivity contribution in [2.24, 2.45) is 0 Å². The number of esters is 1. The van der Waals surface area contributed by atoms with E-state index in [0.717, 1.165) is 25.2 Å². The van der Waals surface area contributed by atoms with Crippen molar-refractivity contribution < 1.29 is 9.53 Å². The summed E-state index contributed by atoms with van der Waals surface area (Å²) >= 11 is 0. The fourth-order valence-corrected chi connectivity index (χ4v) is 2.08. The molecule has 0 saturated heterocycles. The number of aryl methyl sites for hydroxylation is 1. The quantitative estimate of drug-likeness (QED) is 0.741. The number of rotatable bonds is 8. The molecule has 20 heavy (non-hydrogen) atoms. The van der Waals surface area contributed by atoms with E-state index in [1.54, 1.807) is 0 Å². The van der Waals surface area contributed by atoms with Gasteiger partial charge in [0.2, 0.25) is 0 Å². The van der Waals surface area contributed by atoms with E-state index in [1.807, 2.05) is 0 Å². The van der Waals surface area contributed by atoms with E-state index < -0.39 is 0 Å². The Hall–Kier alpha value is -1.55. The van der Waals surface area contributed by atoms with Gasteiger partial charge >= 0.3 is 5.97 Å². The molecule has 1 rings (SSSR count). The first kappa shape index (κ1) is 16.5. The van der Waals surface area contributed by atoms with Crippen LogP contribution in [0.15, 0.2) is 24.3 Å². The fourth-order valence-electron chi connectivity index (χ4n) is 2.08. The van der Waals surface area contributed by atoms with E-state index >= 15 is 0 Å². The second-order valence-corrected chi connectivity index (χ2v) is 4.90. The molecule has 4 nitrogen and oxygen atoms in total. The molecule has 0 fully saturated rings. The third kappa shape index (κ3) is 4.85. The highest BCUT2D eigenvalue weighted by Gasteiger charge is 2.21. The van der Waals surface area contributed by atoms with Gasteiger partial charge in [-0.1, -0.05) is 24.6 Å². The lowest BCUT2D eigenvalue weighted by Gasteiger charge is -2.27. The number of benzene rings is 1. The van der Waals surface area contributed by atoms with Crippen LogP contribution in [-0.2, 0) is 9.53 Å². The van der Waals surface area contributed by atoms with Gasteiger partial charge in [-0.25, -0.2) is 0 Å². The van der Waals surface area contributed by atoms with Gasteiger partial charge in [0.25, 0.3) is 0 Å². The van der Waals surface area contributed by atoms with Gasteiger partial charge in [-0.2, -0.15) is 0 Å². The molecule has 0 bridgehead atoms. The van der Waals surface area contributed by atoms with Crippen LogP contribution in [0.5, 0.6) is 0 Å². The molecule has 1 unspecified atom stereocenters. The predicted molar refractivity (Wildman–Crippen MR) is 83.2 cm³/mol. The van der Waals surface area contributed by atoms with Crippen LogP contribution in [0.1, 0.15) is 25.8 Å². The van der Waals surface area contributed by atoms with E-state index in [1.165, 1.54) is 12.7 Å². The maximum atomic E-state index is 11.8. The summed E-state index contributed by atoms with van der Waals surface area (Å²) in [6, 6.07) is 8.07. The molecule has 0 aromatic heterocycles. The van der Waals surface area contributed by atoms with E-state index in [9.17, 15) is 4.79 Å². The van der Waals surface area contributed by atoms with Gasteiger partial charge in [-0.15, -0.1) is 0 Å². The zero-order valence-electron chi connectivity index (χ0n) is 13.0. The molecule has 4 heteroatoms. The van der Waals surface area contributed by atoms with E-state index in [2.05, 4.69) is 55.3 Å². The number of ether oxygens (including phenoxy) is 1. The van der Waals surface area contributed by atoms with Crippen LogP contribution in [-0.4, -0.2) is 38.8 Å². The van der Waals surface area contributed by atoms with E-state index in [0.29, 0.717) is 6.54 Å². The Morgan fingerprint density at radius 3 is 2.45 bits per heavy atom. The second kappa shape index (κ2) is 8.59. The van der Waals surface area contributed by atoms with Crippen LogP contribution in [0.4, 0.5) is 5.69 Å². The zero-order chi connectivity index (χ0) is 15.0. The van der Waals surface area contributed by atoms with Crippen LogP contribution in [0, 0.1) is 6.92 Å². The Bertz CT molecular complexity index is 403. The van der Waals surface area contributed by atoms with Crippen LogP contribution >= 0.6 is 0 Å². The molecule has 0 heterocycles. The maximum Gasteiger partial charge on any atom is 0.324 e. The van der Waals surface area contributed by atoms with Crippen molar-refractivity contribution in [3.8, 4) is 0 Å². The molecule has 0 spiro atoms. The molecule has 1 aromatic carbocycles. The van der Waals surface area contributed by atoms with E-state index in [-0.39, 0.29) is 12.0 Å². The van der Waals surface area contributed by atoms with Gasteiger partial charge in [0, 0.05) is 18.8 Å². The third-order valence-corrected chi connectivity index (χ3v) is 3.31. The number of hydrogen-bond donors (Lipinski definition) is 1. The zero-order valence-corrected chi connectivity index (χ0v) is 13.0. The minimum atomic E-state index is -0.291. The van der Waals surface area contributed by atoms with Crippen molar-refractivity contribution in [2.75, 3.05) is 31.6 Å². The normalized spacial score (nSPS) is 12.0. The Kier molecular flexibility index (Phi) is 7.09. The Morgan fingerprint density at radius 2 is 1.95 bits per heavy atom. The van der Waals surface area contributed by atoms with Crippen molar-refractivity contribution in [1.29, 1.82) is 0 Å². The largest absolute Gasteiger partial charge is 0.468 e. The highest BCUT2D eigenvalue weighted by atomic mass is 16.5. The van der Waals surface area contributed by atoms with Crippen molar-refractivity contribution in [3.63, 3.8) is 0 Å². The number of methoxy groups -OCH3 is 1. The van der Waals surface area contributed by atoms with Crippen LogP contribution < -0.4 is 10.2 Å². The van der Waals surface area contributed by atoms with E-state index in [4.69, 9.17) is 4.74 Å². The molecule has 1 atom stereocenters. The lowest BCUT2D eigenvalue weighted by atomic mass is 10.2. The summed E-state index contributed by atoms with van der Waals surface area (Å²) in [6.45, 7) is 8.52. The summed E-state index contributed by atoms with van der Waals surface area (Å²) in [5.41, 5.74) is 2.36. The minimum absolute atomic E-state index is 0.205. The maximum absolute atomic E-state index is 11.8. The summed E-state index contributed by atoms with van der Waals surface area (Å²) in [5.74, 6) is -0.205. The monoisotopic (exact) mass is 278 g/mol. The summed E-state index contributed by atoms with van der Waals surface area (Å²) < 4.78 is 4.88. The van der Waals surface area contributed by atoms with Crippen molar-refractivity contribution in [1.82, 2.24) is 5.32 Å². The first-order chi connectivity index (χ1) is 9.62. The molecule has 112 valence electrons. The first-order valence-electron chi connectivity index (χ1n) is 7.25. The fraction of sp³-hybridized carbons (Fsp3) is 0.562. The van der Waals surface area contributed by atoms with Gasteiger partial charge in [0.1, 0.15) is 6.04 Å². The summed E-state index contributed by atoms with van der Waals surface area (Å²) in [7, 11) is 1.44. The standard InChI is InChI=1S/C16H26N2O2/c1-5-11-17-15(16(19)20-4)12-18(6-2)14-9-7-13(3)8-10-14/h7-10,15,17H,5-6,11-12H2,1-4H3. The van der Waals surface area contributed by atoms with Gasteiger partial charge in [-0.3, -0.25) is 4.79 Å². The molecule has 0 aliphatic heterocycles. The Labute approximate surface area is 122 Å². The molecule has 0 aliphatic rings. The molecule has 0 radical (unpaired) electrons. The number of hydrogen-bond acceptors (Lipinski definition) is 4. The molecule has 0 amide bonds. The number of carbonyl (C=O) groups is 1. The smallest absolute Gasteiger partial charge is 0.324 e. The topological polar surface area (TPSA) is 41.6 Å². The van der Waals surface area contributed by atoms with Gasteiger partial charge in [0.15, 0.2) is 0 Å². The average molecular weight is 278 g/mol. The Balaban J connectivity index is 2.76. The van der Waals surface area contributed by atoms with Crippen molar-refractivity contribution in [2.45, 2.75) is 33.2 Å².